The number of hydrogen-bond acceptors (Lipinski definition) is 4. The monoisotopic (exact) mass is 431 g/mol. The van der Waals surface area contributed by atoms with Gasteiger partial charge in [0.25, 0.3) is 5.91 Å². The van der Waals surface area contributed by atoms with Crippen LogP contribution >= 0.6 is 22.6 Å². The quantitative estimate of drug-likeness (QED) is 0.740. The Balaban J connectivity index is 1.90. The first-order valence-electron chi connectivity index (χ1n) is 6.33. The highest BCUT2D eigenvalue weighted by Gasteiger charge is 2.08. The van der Waals surface area contributed by atoms with E-state index in [4.69, 9.17) is 4.74 Å². The molecule has 0 aliphatic rings. The largest absolute Gasteiger partial charge is 0.484 e. The number of sulfone groups is 1. The molecule has 2 aromatic carbocycles. The van der Waals surface area contributed by atoms with Crippen molar-refractivity contribution in [2.45, 2.75) is 4.90 Å². The zero-order valence-electron chi connectivity index (χ0n) is 11.7. The third-order valence-electron chi connectivity index (χ3n) is 2.75. The first-order chi connectivity index (χ1) is 10.3. The molecule has 0 saturated heterocycles. The molecule has 1 N–H and O–H groups in total. The van der Waals surface area contributed by atoms with E-state index >= 15 is 0 Å². The molecule has 7 heteroatoms. The second-order valence-electron chi connectivity index (χ2n) is 4.59. The summed E-state index contributed by atoms with van der Waals surface area (Å²) in [5.41, 5.74) is 0.517. The molecule has 0 aromatic heterocycles. The lowest BCUT2D eigenvalue weighted by Gasteiger charge is -2.08. The number of rotatable bonds is 5. The maximum absolute atomic E-state index is 11.8. The van der Waals surface area contributed by atoms with Crippen LogP contribution in [0.3, 0.4) is 0 Å². The van der Waals surface area contributed by atoms with E-state index in [1.54, 1.807) is 24.3 Å². The fourth-order valence-corrected chi connectivity index (χ4v) is 2.65. The van der Waals surface area contributed by atoms with Crippen LogP contribution in [0.1, 0.15) is 0 Å². The zero-order valence-corrected chi connectivity index (χ0v) is 14.7. The number of ether oxygens (including phenoxy) is 1. The Labute approximate surface area is 142 Å². The van der Waals surface area contributed by atoms with Crippen LogP contribution in [0, 0.1) is 3.57 Å². The summed E-state index contributed by atoms with van der Waals surface area (Å²) < 4.78 is 29.1. The van der Waals surface area contributed by atoms with Crippen LogP contribution < -0.4 is 10.1 Å². The summed E-state index contributed by atoms with van der Waals surface area (Å²) in [6.07, 6.45) is 1.13. The number of carbonyl (C=O) groups is 1. The van der Waals surface area contributed by atoms with E-state index in [0.717, 1.165) is 9.83 Å². The van der Waals surface area contributed by atoms with Gasteiger partial charge in [-0.1, -0.05) is 0 Å². The average Bonchev–Trinajstić information content (AvgIpc) is 2.46. The van der Waals surface area contributed by atoms with Gasteiger partial charge < -0.3 is 10.1 Å². The Morgan fingerprint density at radius 1 is 1.09 bits per heavy atom. The number of anilines is 1. The highest BCUT2D eigenvalue weighted by atomic mass is 127. The van der Waals surface area contributed by atoms with E-state index in [1.807, 2.05) is 12.1 Å². The van der Waals surface area contributed by atoms with Crippen molar-refractivity contribution < 1.29 is 17.9 Å². The van der Waals surface area contributed by atoms with Crippen molar-refractivity contribution >= 4 is 44.0 Å². The van der Waals surface area contributed by atoms with E-state index in [1.165, 1.54) is 12.1 Å². The lowest BCUT2D eigenvalue weighted by molar-refractivity contribution is -0.118. The van der Waals surface area contributed by atoms with Crippen LogP contribution in [0.4, 0.5) is 5.69 Å². The zero-order chi connectivity index (χ0) is 16.2. The maximum Gasteiger partial charge on any atom is 0.262 e. The average molecular weight is 431 g/mol. The molecule has 0 aliphatic heterocycles. The molecule has 22 heavy (non-hydrogen) atoms. The van der Waals surface area contributed by atoms with Crippen molar-refractivity contribution in [3.05, 3.63) is 52.1 Å². The molecule has 0 atom stereocenters. The van der Waals surface area contributed by atoms with Gasteiger partial charge in [0.15, 0.2) is 16.4 Å². The molecule has 0 unspecified atom stereocenters. The molecule has 116 valence electrons. The van der Waals surface area contributed by atoms with Crippen LogP contribution in [0.25, 0.3) is 0 Å². The first-order valence-corrected chi connectivity index (χ1v) is 9.30. The third-order valence-corrected chi connectivity index (χ3v) is 4.60. The van der Waals surface area contributed by atoms with Crippen molar-refractivity contribution in [2.24, 2.45) is 0 Å². The highest BCUT2D eigenvalue weighted by Crippen LogP contribution is 2.15. The molecule has 0 heterocycles. The van der Waals surface area contributed by atoms with E-state index in [0.29, 0.717) is 11.4 Å². The Morgan fingerprint density at radius 3 is 2.23 bits per heavy atom. The summed E-state index contributed by atoms with van der Waals surface area (Å²) >= 11 is 2.18. The molecule has 0 spiro atoms. The summed E-state index contributed by atoms with van der Waals surface area (Å²) in [7, 11) is -3.24. The van der Waals surface area contributed by atoms with Crippen molar-refractivity contribution in [1.29, 1.82) is 0 Å². The minimum atomic E-state index is -3.24. The molecule has 0 fully saturated rings. The molecule has 0 bridgehead atoms. The Morgan fingerprint density at radius 2 is 1.68 bits per heavy atom. The summed E-state index contributed by atoms with van der Waals surface area (Å²) in [6, 6.07) is 13.3. The van der Waals surface area contributed by atoms with Crippen molar-refractivity contribution in [3.63, 3.8) is 0 Å². The standard InChI is InChI=1S/C15H14INO4S/c1-22(19,20)14-8-4-12(5-9-14)17-15(18)10-21-13-6-2-11(16)3-7-13/h2-9H,10H2,1H3,(H,17,18). The van der Waals surface area contributed by atoms with Gasteiger partial charge in [0.1, 0.15) is 5.75 Å². The molecular weight excluding hydrogens is 417 g/mol. The smallest absolute Gasteiger partial charge is 0.262 e. The predicted molar refractivity (Wildman–Crippen MR) is 92.8 cm³/mol. The SMILES string of the molecule is CS(=O)(=O)c1ccc(NC(=O)COc2ccc(I)cc2)cc1. The molecule has 1 amide bonds. The summed E-state index contributed by atoms with van der Waals surface area (Å²) in [4.78, 5) is 12.0. The van der Waals surface area contributed by atoms with Crippen LogP contribution in [-0.2, 0) is 14.6 Å². The van der Waals surface area contributed by atoms with Gasteiger partial charge in [-0.15, -0.1) is 0 Å². The number of benzene rings is 2. The van der Waals surface area contributed by atoms with E-state index in [2.05, 4.69) is 27.9 Å². The second kappa shape index (κ2) is 7.10. The number of amides is 1. The number of nitrogens with one attached hydrogen (secondary N) is 1. The first kappa shape index (κ1) is 16.8. The minimum absolute atomic E-state index is 0.117. The molecular formula is C15H14INO4S. The van der Waals surface area contributed by atoms with Crippen molar-refractivity contribution in [1.82, 2.24) is 0 Å². The second-order valence-corrected chi connectivity index (χ2v) is 7.85. The summed E-state index contributed by atoms with van der Waals surface area (Å²) in [6.45, 7) is -0.117. The molecule has 0 aliphatic carbocycles. The lowest BCUT2D eigenvalue weighted by Crippen LogP contribution is -2.20. The number of hydrogen-bond donors (Lipinski definition) is 1. The molecule has 0 saturated carbocycles. The van der Waals surface area contributed by atoms with Gasteiger partial charge in [-0.05, 0) is 71.1 Å². The van der Waals surface area contributed by atoms with Gasteiger partial charge in [0, 0.05) is 15.5 Å². The predicted octanol–water partition coefficient (Wildman–Crippen LogP) is 2.71. The summed E-state index contributed by atoms with van der Waals surface area (Å²) in [5.74, 6) is 0.300. The molecule has 2 aromatic rings. The topological polar surface area (TPSA) is 72.5 Å². The van der Waals surface area contributed by atoms with E-state index in [-0.39, 0.29) is 17.4 Å². The fraction of sp³-hybridized carbons (Fsp3) is 0.133. The Kier molecular flexibility index (Phi) is 5.41. The van der Waals surface area contributed by atoms with E-state index in [9.17, 15) is 13.2 Å². The van der Waals surface area contributed by atoms with Gasteiger partial charge >= 0.3 is 0 Å². The van der Waals surface area contributed by atoms with Gasteiger partial charge in [0.05, 0.1) is 4.90 Å². The third kappa shape index (κ3) is 4.99. The van der Waals surface area contributed by atoms with Crippen LogP contribution in [-0.4, -0.2) is 27.2 Å². The summed E-state index contributed by atoms with van der Waals surface area (Å²) in [5, 5.41) is 2.64. The van der Waals surface area contributed by atoms with Crippen molar-refractivity contribution in [2.75, 3.05) is 18.2 Å². The van der Waals surface area contributed by atoms with Gasteiger partial charge in [-0.3, -0.25) is 4.79 Å². The molecule has 5 nitrogen and oxygen atoms in total. The van der Waals surface area contributed by atoms with Gasteiger partial charge in [-0.2, -0.15) is 0 Å². The fourth-order valence-electron chi connectivity index (χ4n) is 1.66. The van der Waals surface area contributed by atoms with Gasteiger partial charge in [-0.25, -0.2) is 8.42 Å². The molecule has 0 radical (unpaired) electrons. The Hall–Kier alpha value is -1.61. The van der Waals surface area contributed by atoms with Crippen LogP contribution in [0.15, 0.2) is 53.4 Å². The van der Waals surface area contributed by atoms with E-state index < -0.39 is 9.84 Å². The number of halogens is 1. The lowest BCUT2D eigenvalue weighted by atomic mass is 10.3. The number of carbonyl (C=O) groups excluding carboxylic acids is 1. The van der Waals surface area contributed by atoms with Gasteiger partial charge in [0.2, 0.25) is 0 Å². The highest BCUT2D eigenvalue weighted by molar-refractivity contribution is 14.1. The van der Waals surface area contributed by atoms with Crippen LogP contribution in [0.2, 0.25) is 0 Å². The minimum Gasteiger partial charge on any atom is -0.484 e. The maximum atomic E-state index is 11.8. The normalized spacial score (nSPS) is 11.0. The Bertz CT molecular complexity index is 755. The molecule has 2 rings (SSSR count). The van der Waals surface area contributed by atoms with Crippen molar-refractivity contribution in [3.8, 4) is 5.75 Å². The van der Waals surface area contributed by atoms with Crippen LogP contribution in [0.5, 0.6) is 5.75 Å².